The van der Waals surface area contributed by atoms with Crippen molar-refractivity contribution in [3.63, 3.8) is 0 Å². The summed E-state index contributed by atoms with van der Waals surface area (Å²) < 4.78 is 19.3. The predicted molar refractivity (Wildman–Crippen MR) is 91.5 cm³/mol. The third-order valence-corrected chi connectivity index (χ3v) is 4.34. The summed E-state index contributed by atoms with van der Waals surface area (Å²) in [4.78, 5) is 2.47. The molecule has 1 aliphatic heterocycles. The smallest absolute Gasteiger partial charge is 0.123 e. The van der Waals surface area contributed by atoms with Crippen molar-refractivity contribution in [3.05, 3.63) is 29.6 Å². The summed E-state index contributed by atoms with van der Waals surface area (Å²) >= 11 is 0. The maximum atomic E-state index is 13.8. The van der Waals surface area contributed by atoms with E-state index < -0.39 is 0 Å². The fourth-order valence-corrected chi connectivity index (χ4v) is 3.37. The van der Waals surface area contributed by atoms with Gasteiger partial charge in [0.15, 0.2) is 0 Å². The first-order valence-electron chi connectivity index (χ1n) is 7.95. The summed E-state index contributed by atoms with van der Waals surface area (Å²) in [5.74, 6) is 1.08. The van der Waals surface area contributed by atoms with Crippen LogP contribution in [0.15, 0.2) is 18.2 Å². The van der Waals surface area contributed by atoms with Crippen molar-refractivity contribution in [2.75, 3.05) is 33.3 Å². The Morgan fingerprint density at radius 2 is 2.00 bits per heavy atom. The van der Waals surface area contributed by atoms with Crippen LogP contribution in [-0.4, -0.2) is 38.2 Å². The zero-order chi connectivity index (χ0) is 15.2. The van der Waals surface area contributed by atoms with Crippen LogP contribution < -0.4 is 10.1 Å². The van der Waals surface area contributed by atoms with Gasteiger partial charge in [-0.25, -0.2) is 4.39 Å². The highest BCUT2D eigenvalue weighted by molar-refractivity contribution is 5.85. The summed E-state index contributed by atoms with van der Waals surface area (Å²) in [6.45, 7) is 8.45. The minimum absolute atomic E-state index is 0. The van der Waals surface area contributed by atoms with Gasteiger partial charge in [-0.3, -0.25) is 4.90 Å². The number of hydrogen-bond acceptors (Lipinski definition) is 3. The van der Waals surface area contributed by atoms with E-state index in [1.165, 1.54) is 6.07 Å². The highest BCUT2D eigenvalue weighted by atomic mass is 35.5. The van der Waals surface area contributed by atoms with Crippen molar-refractivity contribution in [2.45, 2.75) is 32.7 Å². The number of halogens is 2. The summed E-state index contributed by atoms with van der Waals surface area (Å²) in [5.41, 5.74) is 0.986. The van der Waals surface area contributed by atoms with Crippen LogP contribution in [0.3, 0.4) is 0 Å². The molecule has 126 valence electrons. The summed E-state index contributed by atoms with van der Waals surface area (Å²) in [6.07, 6.45) is 2.27. The molecule has 1 heterocycles. The Morgan fingerprint density at radius 1 is 1.32 bits per heavy atom. The van der Waals surface area contributed by atoms with Gasteiger partial charge in [0.25, 0.3) is 0 Å². The second-order valence-corrected chi connectivity index (χ2v) is 5.88. The Morgan fingerprint density at radius 3 is 2.59 bits per heavy atom. The lowest BCUT2D eigenvalue weighted by atomic mass is 9.88. The molecule has 0 saturated carbocycles. The van der Waals surface area contributed by atoms with Crippen LogP contribution in [0.5, 0.6) is 5.75 Å². The summed E-state index contributed by atoms with van der Waals surface area (Å²) in [7, 11) is 1.66. The molecule has 5 heteroatoms. The molecule has 0 radical (unpaired) electrons. The molecule has 1 aromatic carbocycles. The van der Waals surface area contributed by atoms with E-state index in [-0.39, 0.29) is 24.3 Å². The second kappa shape index (κ2) is 9.33. The normalized spacial score (nSPS) is 18.4. The molecular weight excluding hydrogens is 303 g/mol. The summed E-state index contributed by atoms with van der Waals surface area (Å²) in [5, 5.41) is 3.38. The highest BCUT2D eigenvalue weighted by Gasteiger charge is 2.29. The second-order valence-electron chi connectivity index (χ2n) is 5.88. The van der Waals surface area contributed by atoms with Gasteiger partial charge >= 0.3 is 0 Å². The van der Waals surface area contributed by atoms with Gasteiger partial charge in [0.05, 0.1) is 7.11 Å². The molecule has 1 aliphatic rings. The van der Waals surface area contributed by atoms with Gasteiger partial charge in [-0.15, -0.1) is 12.4 Å². The molecule has 1 unspecified atom stereocenters. The van der Waals surface area contributed by atoms with Gasteiger partial charge in [-0.2, -0.15) is 0 Å². The van der Waals surface area contributed by atoms with E-state index in [0.717, 1.165) is 50.3 Å². The lowest BCUT2D eigenvalue weighted by Gasteiger charge is -2.39. The van der Waals surface area contributed by atoms with Gasteiger partial charge in [-0.05, 0) is 30.5 Å². The van der Waals surface area contributed by atoms with Gasteiger partial charge in [0.1, 0.15) is 11.6 Å². The van der Waals surface area contributed by atoms with Crippen LogP contribution in [-0.2, 0) is 0 Å². The lowest BCUT2D eigenvalue weighted by molar-refractivity contribution is 0.123. The molecule has 1 saturated heterocycles. The number of nitrogens with zero attached hydrogens (tertiary/aromatic N) is 1. The van der Waals surface area contributed by atoms with E-state index in [0.29, 0.717) is 5.92 Å². The van der Waals surface area contributed by atoms with E-state index in [4.69, 9.17) is 4.74 Å². The van der Waals surface area contributed by atoms with Crippen molar-refractivity contribution >= 4 is 12.4 Å². The molecule has 2 rings (SSSR count). The number of rotatable bonds is 6. The quantitative estimate of drug-likeness (QED) is 0.862. The Kier molecular flexibility index (Phi) is 8.15. The van der Waals surface area contributed by atoms with Crippen LogP contribution >= 0.6 is 12.4 Å². The van der Waals surface area contributed by atoms with Crippen molar-refractivity contribution in [2.24, 2.45) is 5.92 Å². The molecule has 0 aromatic heterocycles. The monoisotopic (exact) mass is 330 g/mol. The molecule has 3 nitrogen and oxygen atoms in total. The van der Waals surface area contributed by atoms with E-state index in [1.807, 2.05) is 0 Å². The molecule has 0 spiro atoms. The molecule has 1 N–H and O–H groups in total. The number of piperazine rings is 1. The largest absolute Gasteiger partial charge is 0.496 e. The number of benzene rings is 1. The Balaban J connectivity index is 0.00000242. The number of hydrogen-bond donors (Lipinski definition) is 1. The number of methoxy groups -OCH3 is 1. The predicted octanol–water partition coefficient (Wildman–Crippen LogP) is 3.64. The SMILES string of the molecule is CCCC(C)[C@@H](c1cc(F)ccc1OC)N1CCNCC1.Cl. The van der Waals surface area contributed by atoms with Crippen LogP contribution in [0.25, 0.3) is 0 Å². The fraction of sp³-hybridized carbons (Fsp3) is 0.647. The third-order valence-electron chi connectivity index (χ3n) is 4.34. The van der Waals surface area contributed by atoms with Crippen LogP contribution in [0.4, 0.5) is 4.39 Å². The zero-order valence-electron chi connectivity index (χ0n) is 13.8. The first kappa shape index (κ1) is 19.2. The van der Waals surface area contributed by atoms with E-state index >= 15 is 0 Å². The Bertz CT molecular complexity index is 452. The maximum absolute atomic E-state index is 13.8. The van der Waals surface area contributed by atoms with Crippen molar-refractivity contribution < 1.29 is 9.13 Å². The first-order chi connectivity index (χ1) is 10.2. The van der Waals surface area contributed by atoms with E-state index in [2.05, 4.69) is 24.1 Å². The standard InChI is InChI=1S/C17H27FN2O.ClH/c1-4-5-13(2)17(20-10-8-19-9-11-20)15-12-14(18)6-7-16(15)21-3;/h6-7,12-13,17,19H,4-5,8-11H2,1-3H3;1H/t13?,17-;/m0./s1. The molecule has 2 atom stereocenters. The van der Waals surface area contributed by atoms with Gasteiger partial charge in [0.2, 0.25) is 0 Å². The molecule has 22 heavy (non-hydrogen) atoms. The number of nitrogens with one attached hydrogen (secondary N) is 1. The molecule has 0 amide bonds. The average molecular weight is 331 g/mol. The average Bonchev–Trinajstić information content (AvgIpc) is 2.49. The fourth-order valence-electron chi connectivity index (χ4n) is 3.37. The molecule has 0 bridgehead atoms. The molecule has 0 aliphatic carbocycles. The topological polar surface area (TPSA) is 24.5 Å². The third kappa shape index (κ3) is 4.58. The minimum atomic E-state index is -0.186. The summed E-state index contributed by atoms with van der Waals surface area (Å²) in [6, 6.07) is 5.09. The van der Waals surface area contributed by atoms with Crippen LogP contribution in [0.2, 0.25) is 0 Å². The Labute approximate surface area is 139 Å². The van der Waals surface area contributed by atoms with Crippen LogP contribution in [0.1, 0.15) is 38.3 Å². The van der Waals surface area contributed by atoms with Gasteiger partial charge in [0, 0.05) is 37.8 Å². The molecule has 1 aromatic rings. The Hall–Kier alpha value is -0.840. The molecular formula is C17H28ClFN2O. The minimum Gasteiger partial charge on any atom is -0.496 e. The maximum Gasteiger partial charge on any atom is 0.123 e. The lowest BCUT2D eigenvalue weighted by Crippen LogP contribution is -2.46. The van der Waals surface area contributed by atoms with Crippen LogP contribution in [0, 0.1) is 11.7 Å². The van der Waals surface area contributed by atoms with Crippen molar-refractivity contribution in [1.29, 1.82) is 0 Å². The van der Waals surface area contributed by atoms with Gasteiger partial charge in [-0.1, -0.05) is 20.3 Å². The molecule has 1 fully saturated rings. The first-order valence-corrected chi connectivity index (χ1v) is 7.95. The van der Waals surface area contributed by atoms with Crippen molar-refractivity contribution in [3.8, 4) is 5.75 Å². The van der Waals surface area contributed by atoms with E-state index in [1.54, 1.807) is 19.2 Å². The number of ether oxygens (including phenoxy) is 1. The van der Waals surface area contributed by atoms with Gasteiger partial charge < -0.3 is 10.1 Å². The highest BCUT2D eigenvalue weighted by Crippen LogP contribution is 2.37. The zero-order valence-corrected chi connectivity index (χ0v) is 14.6. The van der Waals surface area contributed by atoms with E-state index in [9.17, 15) is 4.39 Å². The van der Waals surface area contributed by atoms with Crippen molar-refractivity contribution in [1.82, 2.24) is 10.2 Å².